The van der Waals surface area contributed by atoms with Crippen molar-refractivity contribution in [2.75, 3.05) is 0 Å². The molecule has 0 saturated carbocycles. The lowest BCUT2D eigenvalue weighted by molar-refractivity contribution is -0.141. The monoisotopic (exact) mass is 290 g/mol. The molecule has 0 spiro atoms. The van der Waals surface area contributed by atoms with Gasteiger partial charge in [0.2, 0.25) is 0 Å². The zero-order valence-corrected chi connectivity index (χ0v) is 10.5. The van der Waals surface area contributed by atoms with Gasteiger partial charge in [0.15, 0.2) is 10.3 Å². The fourth-order valence-electron chi connectivity index (χ4n) is 1.30. The van der Waals surface area contributed by atoms with Crippen LogP contribution in [0.4, 0.5) is 13.2 Å². The lowest BCUT2D eigenvalue weighted by Crippen LogP contribution is -2.09. The van der Waals surface area contributed by atoms with Gasteiger partial charge in [-0.05, 0) is 17.8 Å². The van der Waals surface area contributed by atoms with Crippen molar-refractivity contribution >= 4 is 11.8 Å². The second-order valence-corrected chi connectivity index (χ2v) is 4.51. The number of hydrogen-bond acceptors (Lipinski definition) is 5. The van der Waals surface area contributed by atoms with E-state index in [1.54, 1.807) is 11.6 Å². The number of hydrogen-bond donors (Lipinski definition) is 1. The van der Waals surface area contributed by atoms with Crippen molar-refractivity contribution in [3.8, 4) is 0 Å². The Bertz CT molecular complexity index is 584. The van der Waals surface area contributed by atoms with Crippen LogP contribution in [0.3, 0.4) is 0 Å². The molecule has 9 heteroatoms. The van der Waals surface area contributed by atoms with Crippen molar-refractivity contribution < 1.29 is 18.3 Å². The Morgan fingerprint density at radius 1 is 1.37 bits per heavy atom. The Balaban J connectivity index is 2.26. The summed E-state index contributed by atoms with van der Waals surface area (Å²) in [6.45, 7) is -0.201. The van der Waals surface area contributed by atoms with Crippen molar-refractivity contribution in [1.29, 1.82) is 0 Å². The number of rotatable bonds is 3. The van der Waals surface area contributed by atoms with E-state index in [4.69, 9.17) is 5.11 Å². The third-order valence-electron chi connectivity index (χ3n) is 2.31. The van der Waals surface area contributed by atoms with Crippen molar-refractivity contribution in [3.05, 3.63) is 29.8 Å². The van der Waals surface area contributed by atoms with E-state index < -0.39 is 11.9 Å². The molecule has 0 bridgehead atoms. The predicted octanol–water partition coefficient (Wildman–Crippen LogP) is 1.87. The molecule has 0 aliphatic heterocycles. The van der Waals surface area contributed by atoms with Crippen LogP contribution in [-0.2, 0) is 19.8 Å². The van der Waals surface area contributed by atoms with E-state index in [-0.39, 0.29) is 11.8 Å². The molecule has 0 amide bonds. The minimum Gasteiger partial charge on any atom is -0.390 e. The molecular weight excluding hydrogens is 281 g/mol. The molecule has 0 unspecified atom stereocenters. The van der Waals surface area contributed by atoms with Crippen LogP contribution in [0.5, 0.6) is 0 Å². The van der Waals surface area contributed by atoms with Crippen molar-refractivity contribution in [2.45, 2.75) is 23.1 Å². The number of aliphatic hydroxyl groups excluding tert-OH is 1. The Morgan fingerprint density at radius 3 is 2.68 bits per heavy atom. The summed E-state index contributed by atoms with van der Waals surface area (Å²) in [7, 11) is 1.65. The maximum Gasteiger partial charge on any atom is 0.433 e. The maximum absolute atomic E-state index is 12.5. The summed E-state index contributed by atoms with van der Waals surface area (Å²) < 4.78 is 39.0. The van der Waals surface area contributed by atoms with Crippen LogP contribution in [0.15, 0.2) is 28.8 Å². The van der Waals surface area contributed by atoms with Crippen molar-refractivity contribution in [3.63, 3.8) is 0 Å². The second-order valence-electron chi connectivity index (χ2n) is 3.57. The van der Waals surface area contributed by atoms with E-state index >= 15 is 0 Å². The van der Waals surface area contributed by atoms with E-state index in [2.05, 4.69) is 15.0 Å². The summed E-state index contributed by atoms with van der Waals surface area (Å²) in [6.07, 6.45) is -2.01. The van der Waals surface area contributed by atoms with Gasteiger partial charge in [-0.2, -0.15) is 13.2 Å². The first-order valence-corrected chi connectivity index (χ1v) is 5.93. The highest BCUT2D eigenvalue weighted by Gasteiger charge is 2.32. The van der Waals surface area contributed by atoms with Crippen LogP contribution < -0.4 is 0 Å². The Morgan fingerprint density at radius 2 is 2.11 bits per heavy atom. The topological polar surface area (TPSA) is 63.8 Å². The summed E-state index contributed by atoms with van der Waals surface area (Å²) in [5.41, 5.74) is -0.448. The van der Waals surface area contributed by atoms with Crippen LogP contribution >= 0.6 is 11.8 Å². The Kier molecular flexibility index (Phi) is 3.76. The first kappa shape index (κ1) is 13.8. The minimum absolute atomic E-state index is 0.0481. The number of imidazole rings is 1. The van der Waals surface area contributed by atoms with Crippen molar-refractivity contribution in [2.24, 2.45) is 7.05 Å². The molecule has 0 saturated heterocycles. The molecule has 102 valence electrons. The fraction of sp³-hybridized carbons (Fsp3) is 0.300. The van der Waals surface area contributed by atoms with E-state index in [0.717, 1.165) is 24.0 Å². The van der Waals surface area contributed by atoms with Crippen LogP contribution in [0.2, 0.25) is 0 Å². The van der Waals surface area contributed by atoms with Crippen molar-refractivity contribution in [1.82, 2.24) is 19.5 Å². The summed E-state index contributed by atoms with van der Waals surface area (Å²) in [6, 6.07) is 0.807. The van der Waals surface area contributed by atoms with Gasteiger partial charge in [0.25, 0.3) is 0 Å². The van der Waals surface area contributed by atoms with Gasteiger partial charge in [-0.25, -0.2) is 15.0 Å². The highest BCUT2D eigenvalue weighted by Crippen LogP contribution is 2.30. The van der Waals surface area contributed by atoms with Gasteiger partial charge in [-0.1, -0.05) is 0 Å². The number of halogens is 3. The van der Waals surface area contributed by atoms with Gasteiger partial charge in [-0.15, -0.1) is 0 Å². The Labute approximate surface area is 110 Å². The summed E-state index contributed by atoms with van der Waals surface area (Å²) in [4.78, 5) is 11.2. The maximum atomic E-state index is 12.5. The molecule has 5 nitrogen and oxygen atoms in total. The minimum atomic E-state index is -4.50. The van der Waals surface area contributed by atoms with Crippen LogP contribution in [0, 0.1) is 0 Å². The molecule has 2 aromatic heterocycles. The average molecular weight is 290 g/mol. The molecule has 0 atom stereocenters. The molecule has 2 heterocycles. The highest BCUT2D eigenvalue weighted by molar-refractivity contribution is 7.99. The average Bonchev–Trinajstić information content (AvgIpc) is 2.70. The molecule has 0 fully saturated rings. The zero-order valence-electron chi connectivity index (χ0n) is 9.72. The number of alkyl halides is 3. The molecule has 0 radical (unpaired) electrons. The molecule has 1 N–H and O–H groups in total. The highest BCUT2D eigenvalue weighted by atomic mass is 32.2. The third-order valence-corrected chi connectivity index (χ3v) is 3.25. The standard InChI is InChI=1S/C10H9F3N4OS/c1-17-6(5-18)4-15-9(17)19-8-14-3-2-7(16-8)10(11,12)13/h2-4,18H,5H2,1H3. The number of aromatic nitrogens is 4. The van der Waals surface area contributed by atoms with Crippen LogP contribution in [0.1, 0.15) is 11.4 Å². The van der Waals surface area contributed by atoms with Gasteiger partial charge in [0.1, 0.15) is 5.69 Å². The second kappa shape index (κ2) is 5.17. The third kappa shape index (κ3) is 3.04. The SMILES string of the molecule is Cn1c(CO)cnc1Sc1nccc(C(F)(F)F)n1. The molecule has 2 rings (SSSR count). The van der Waals surface area contributed by atoms with E-state index in [1.807, 2.05) is 0 Å². The van der Waals surface area contributed by atoms with E-state index in [1.165, 1.54) is 6.20 Å². The van der Waals surface area contributed by atoms with Gasteiger partial charge in [0, 0.05) is 13.2 Å². The lowest BCUT2D eigenvalue weighted by Gasteiger charge is -2.06. The van der Waals surface area contributed by atoms with Crippen LogP contribution in [0.25, 0.3) is 0 Å². The first-order valence-electron chi connectivity index (χ1n) is 5.11. The number of nitrogens with zero attached hydrogens (tertiary/aromatic N) is 4. The van der Waals surface area contributed by atoms with E-state index in [0.29, 0.717) is 10.9 Å². The van der Waals surface area contributed by atoms with E-state index in [9.17, 15) is 13.2 Å². The quantitative estimate of drug-likeness (QED) is 0.874. The summed E-state index contributed by atoms with van der Waals surface area (Å²) in [5, 5.41) is 9.36. The predicted molar refractivity (Wildman–Crippen MR) is 60.3 cm³/mol. The fourth-order valence-corrected chi connectivity index (χ4v) is 2.08. The molecule has 0 aliphatic carbocycles. The molecule has 2 aromatic rings. The lowest BCUT2D eigenvalue weighted by atomic mass is 10.4. The van der Waals surface area contributed by atoms with Gasteiger partial charge in [0.05, 0.1) is 18.5 Å². The Hall–Kier alpha value is -1.61. The van der Waals surface area contributed by atoms with Gasteiger partial charge >= 0.3 is 6.18 Å². The van der Waals surface area contributed by atoms with Gasteiger partial charge < -0.3 is 9.67 Å². The zero-order chi connectivity index (χ0) is 14.0. The number of aliphatic hydroxyl groups is 1. The van der Waals surface area contributed by atoms with Gasteiger partial charge in [-0.3, -0.25) is 0 Å². The molecule has 19 heavy (non-hydrogen) atoms. The van der Waals surface area contributed by atoms with Crippen LogP contribution in [-0.4, -0.2) is 24.6 Å². The smallest absolute Gasteiger partial charge is 0.390 e. The first-order chi connectivity index (χ1) is 8.91. The largest absolute Gasteiger partial charge is 0.433 e. The molecule has 0 aromatic carbocycles. The summed E-state index contributed by atoms with van der Waals surface area (Å²) in [5.74, 6) is 0. The molecule has 0 aliphatic rings. The summed E-state index contributed by atoms with van der Waals surface area (Å²) >= 11 is 0.899. The normalized spacial score (nSPS) is 11.8. The molecular formula is C10H9F3N4OS.